The van der Waals surface area contributed by atoms with Crippen LogP contribution in [0.1, 0.15) is 25.0 Å². The molecule has 1 aromatic rings. The van der Waals surface area contributed by atoms with Crippen LogP contribution in [-0.2, 0) is 6.18 Å². The van der Waals surface area contributed by atoms with Gasteiger partial charge in [-0.2, -0.15) is 13.2 Å². The Labute approximate surface area is 115 Å². The Morgan fingerprint density at radius 1 is 1.40 bits per heavy atom. The van der Waals surface area contributed by atoms with E-state index in [0.29, 0.717) is 18.2 Å². The molecular weight excluding hydrogens is 271 g/mol. The average Bonchev–Trinajstić information content (AvgIpc) is 2.35. The van der Waals surface area contributed by atoms with Crippen LogP contribution in [0.15, 0.2) is 23.4 Å². The molecule has 112 valence electrons. The van der Waals surface area contributed by atoms with Crippen molar-refractivity contribution in [1.82, 2.24) is 0 Å². The van der Waals surface area contributed by atoms with Gasteiger partial charge in [0.2, 0.25) is 0 Å². The number of halogens is 3. The minimum absolute atomic E-state index is 0.0606. The molecule has 0 saturated heterocycles. The number of amidine groups is 1. The van der Waals surface area contributed by atoms with Gasteiger partial charge in [-0.05, 0) is 24.1 Å². The largest absolute Gasteiger partial charge is 0.416 e. The predicted molar refractivity (Wildman–Crippen MR) is 72.1 cm³/mol. The van der Waals surface area contributed by atoms with Gasteiger partial charge in [-0.3, -0.25) is 0 Å². The van der Waals surface area contributed by atoms with Gasteiger partial charge in [0.05, 0.1) is 5.56 Å². The zero-order valence-corrected chi connectivity index (χ0v) is 11.6. The summed E-state index contributed by atoms with van der Waals surface area (Å²) >= 11 is 0. The molecule has 0 atom stereocenters. The Morgan fingerprint density at radius 3 is 2.45 bits per heavy atom. The fourth-order valence-corrected chi connectivity index (χ4v) is 1.95. The highest BCUT2D eigenvalue weighted by Crippen LogP contribution is 2.32. The minimum Gasteiger partial charge on any atom is -0.409 e. The van der Waals surface area contributed by atoms with Gasteiger partial charge < -0.3 is 15.8 Å². The molecule has 1 rings (SSSR count). The van der Waals surface area contributed by atoms with E-state index in [2.05, 4.69) is 5.16 Å². The molecule has 0 saturated carbocycles. The number of benzene rings is 1. The van der Waals surface area contributed by atoms with Crippen LogP contribution in [0.3, 0.4) is 0 Å². The molecule has 0 amide bonds. The van der Waals surface area contributed by atoms with Crippen LogP contribution < -0.4 is 10.6 Å². The van der Waals surface area contributed by atoms with E-state index in [1.807, 2.05) is 13.8 Å². The molecular formula is C13H18F3N3O. The normalized spacial score (nSPS) is 12.8. The molecule has 4 nitrogen and oxygen atoms in total. The van der Waals surface area contributed by atoms with Crippen LogP contribution in [0.25, 0.3) is 0 Å². The van der Waals surface area contributed by atoms with Crippen molar-refractivity contribution in [1.29, 1.82) is 0 Å². The zero-order chi connectivity index (χ0) is 15.5. The summed E-state index contributed by atoms with van der Waals surface area (Å²) < 4.78 is 38.2. The SMILES string of the molecule is CC(C)CN(C)c1ccc(C(F)(F)F)cc1/C(N)=N/O. The van der Waals surface area contributed by atoms with E-state index in [1.165, 1.54) is 6.07 Å². The molecule has 0 aliphatic carbocycles. The molecule has 0 fully saturated rings. The highest BCUT2D eigenvalue weighted by molar-refractivity contribution is 6.02. The quantitative estimate of drug-likeness (QED) is 0.388. The first-order chi connectivity index (χ1) is 9.16. The maximum Gasteiger partial charge on any atom is 0.416 e. The molecule has 0 spiro atoms. The number of hydrogen-bond acceptors (Lipinski definition) is 3. The van der Waals surface area contributed by atoms with Gasteiger partial charge in [0.15, 0.2) is 5.84 Å². The lowest BCUT2D eigenvalue weighted by Crippen LogP contribution is -2.27. The summed E-state index contributed by atoms with van der Waals surface area (Å²) in [5.74, 6) is -0.0239. The first kappa shape index (κ1) is 16.1. The van der Waals surface area contributed by atoms with Crippen molar-refractivity contribution in [3.05, 3.63) is 29.3 Å². The molecule has 0 aromatic heterocycles. The van der Waals surface area contributed by atoms with Gasteiger partial charge in [0, 0.05) is 24.8 Å². The summed E-state index contributed by atoms with van der Waals surface area (Å²) in [6.45, 7) is 4.62. The lowest BCUT2D eigenvalue weighted by molar-refractivity contribution is -0.137. The van der Waals surface area contributed by atoms with Crippen molar-refractivity contribution in [2.24, 2.45) is 16.8 Å². The number of hydrogen-bond donors (Lipinski definition) is 2. The summed E-state index contributed by atoms with van der Waals surface area (Å²) in [7, 11) is 1.75. The van der Waals surface area contributed by atoms with Crippen molar-refractivity contribution < 1.29 is 18.4 Å². The molecule has 0 aliphatic rings. The number of alkyl halides is 3. The second-order valence-electron chi connectivity index (χ2n) is 4.99. The minimum atomic E-state index is -4.47. The Kier molecular flexibility index (Phi) is 4.86. The summed E-state index contributed by atoms with van der Waals surface area (Å²) in [5, 5.41) is 11.5. The second kappa shape index (κ2) is 6.02. The molecule has 20 heavy (non-hydrogen) atoms. The van der Waals surface area contributed by atoms with Crippen molar-refractivity contribution in [2.45, 2.75) is 20.0 Å². The van der Waals surface area contributed by atoms with Crippen LogP contribution in [0.4, 0.5) is 18.9 Å². The van der Waals surface area contributed by atoms with Gasteiger partial charge in [-0.25, -0.2) is 0 Å². The van der Waals surface area contributed by atoms with Crippen LogP contribution in [0.2, 0.25) is 0 Å². The second-order valence-corrected chi connectivity index (χ2v) is 4.99. The third kappa shape index (κ3) is 3.79. The zero-order valence-electron chi connectivity index (χ0n) is 11.6. The van der Waals surface area contributed by atoms with E-state index in [9.17, 15) is 13.2 Å². The van der Waals surface area contributed by atoms with E-state index >= 15 is 0 Å². The molecule has 1 aromatic carbocycles. The Balaban J connectivity index is 3.31. The molecule has 0 radical (unpaired) electrons. The van der Waals surface area contributed by atoms with Crippen molar-refractivity contribution in [2.75, 3.05) is 18.5 Å². The van der Waals surface area contributed by atoms with E-state index in [4.69, 9.17) is 10.9 Å². The standard InChI is InChI=1S/C13H18F3N3O/c1-8(2)7-19(3)11-5-4-9(13(14,15)16)6-10(11)12(17)18-20/h4-6,8,20H,7H2,1-3H3,(H2,17,18). The first-order valence-electron chi connectivity index (χ1n) is 6.07. The van der Waals surface area contributed by atoms with Crippen molar-refractivity contribution in [3.63, 3.8) is 0 Å². The number of nitrogens with two attached hydrogens (primary N) is 1. The lowest BCUT2D eigenvalue weighted by Gasteiger charge is -2.24. The van der Waals surface area contributed by atoms with Crippen molar-refractivity contribution in [3.8, 4) is 0 Å². The van der Waals surface area contributed by atoms with E-state index < -0.39 is 11.7 Å². The molecule has 7 heteroatoms. The molecule has 0 heterocycles. The van der Waals surface area contributed by atoms with Gasteiger partial charge in [-0.1, -0.05) is 19.0 Å². The monoisotopic (exact) mass is 289 g/mol. The molecule has 0 aliphatic heterocycles. The first-order valence-corrected chi connectivity index (χ1v) is 6.07. The third-order valence-electron chi connectivity index (χ3n) is 2.76. The molecule has 0 bridgehead atoms. The van der Waals surface area contributed by atoms with E-state index in [1.54, 1.807) is 11.9 Å². The lowest BCUT2D eigenvalue weighted by atomic mass is 10.1. The number of nitrogens with zero attached hydrogens (tertiary/aromatic N) is 2. The van der Waals surface area contributed by atoms with Crippen LogP contribution in [0, 0.1) is 5.92 Å². The number of oxime groups is 1. The predicted octanol–water partition coefficient (Wildman–Crippen LogP) is 2.89. The van der Waals surface area contributed by atoms with Crippen LogP contribution >= 0.6 is 0 Å². The average molecular weight is 289 g/mol. The number of rotatable bonds is 4. The highest BCUT2D eigenvalue weighted by Gasteiger charge is 2.31. The maximum atomic E-state index is 12.7. The third-order valence-corrected chi connectivity index (χ3v) is 2.76. The van der Waals surface area contributed by atoms with E-state index in [-0.39, 0.29) is 11.4 Å². The summed E-state index contributed by atoms with van der Waals surface area (Å²) in [5.41, 5.74) is 5.20. The van der Waals surface area contributed by atoms with Gasteiger partial charge in [0.1, 0.15) is 0 Å². The molecule has 0 unspecified atom stereocenters. The fraction of sp³-hybridized carbons (Fsp3) is 0.462. The van der Waals surface area contributed by atoms with Crippen molar-refractivity contribution >= 4 is 11.5 Å². The Hall–Kier alpha value is -1.92. The number of anilines is 1. The smallest absolute Gasteiger partial charge is 0.409 e. The van der Waals surface area contributed by atoms with E-state index in [0.717, 1.165) is 12.1 Å². The summed E-state index contributed by atoms with van der Waals surface area (Å²) in [6, 6.07) is 3.21. The Morgan fingerprint density at radius 2 is 2.00 bits per heavy atom. The maximum absolute atomic E-state index is 12.7. The van der Waals surface area contributed by atoms with Gasteiger partial charge in [-0.15, -0.1) is 0 Å². The summed E-state index contributed by atoms with van der Waals surface area (Å²) in [4.78, 5) is 1.78. The van der Waals surface area contributed by atoms with Gasteiger partial charge >= 0.3 is 6.18 Å². The van der Waals surface area contributed by atoms with Crippen LogP contribution in [-0.4, -0.2) is 24.6 Å². The van der Waals surface area contributed by atoms with Gasteiger partial charge in [0.25, 0.3) is 0 Å². The fourth-order valence-electron chi connectivity index (χ4n) is 1.95. The highest BCUT2D eigenvalue weighted by atomic mass is 19.4. The summed E-state index contributed by atoms with van der Waals surface area (Å²) in [6.07, 6.45) is -4.47. The van der Waals surface area contributed by atoms with Crippen LogP contribution in [0.5, 0.6) is 0 Å². The topological polar surface area (TPSA) is 61.8 Å². The Bertz CT molecular complexity index is 498. The molecule has 3 N–H and O–H groups in total.